The molecule has 4 heteroatoms. The number of nitrogens with one attached hydrogen (secondary N) is 1. The van der Waals surface area contributed by atoms with Crippen molar-refractivity contribution in [3.63, 3.8) is 0 Å². The van der Waals surface area contributed by atoms with Crippen LogP contribution in [-0.4, -0.2) is 31.5 Å². The van der Waals surface area contributed by atoms with E-state index in [1.54, 1.807) is 14.2 Å². The van der Waals surface area contributed by atoms with Gasteiger partial charge in [0.15, 0.2) is 0 Å². The molecule has 0 amide bonds. The molecule has 0 aromatic heterocycles. The molecule has 0 saturated heterocycles. The minimum atomic E-state index is -0.549. The van der Waals surface area contributed by atoms with Crippen LogP contribution in [0.15, 0.2) is 18.2 Å². The minimum Gasteiger partial charge on any atom is -0.497 e. The van der Waals surface area contributed by atoms with Crippen LogP contribution in [0.25, 0.3) is 0 Å². The molecule has 0 heterocycles. The van der Waals surface area contributed by atoms with Crippen LogP contribution in [0, 0.1) is 5.92 Å². The Bertz CT molecular complexity index is 453. The van der Waals surface area contributed by atoms with E-state index in [0.717, 1.165) is 48.7 Å². The number of rotatable bonds is 6. The second kappa shape index (κ2) is 7.14. The Kier molecular flexibility index (Phi) is 5.48. The number of methoxy groups -OCH3 is 2. The number of hydrogen-bond donors (Lipinski definition) is 2. The summed E-state index contributed by atoms with van der Waals surface area (Å²) in [5.74, 6) is 2.34. The zero-order valence-electron chi connectivity index (χ0n) is 13.3. The molecule has 1 fully saturated rings. The van der Waals surface area contributed by atoms with Crippen LogP contribution in [0.4, 0.5) is 0 Å². The van der Waals surface area contributed by atoms with Gasteiger partial charge in [-0.25, -0.2) is 0 Å². The lowest BCUT2D eigenvalue weighted by atomic mass is 9.79. The summed E-state index contributed by atoms with van der Waals surface area (Å²) in [5.41, 5.74) is 0.526. The largest absolute Gasteiger partial charge is 0.497 e. The van der Waals surface area contributed by atoms with Crippen molar-refractivity contribution in [3.8, 4) is 11.5 Å². The lowest BCUT2D eigenvalue weighted by molar-refractivity contribution is -0.00633. The molecule has 0 radical (unpaired) electrons. The molecular weight excluding hydrogens is 266 g/mol. The van der Waals surface area contributed by atoms with Crippen LogP contribution in [0.2, 0.25) is 0 Å². The summed E-state index contributed by atoms with van der Waals surface area (Å²) in [7, 11) is 3.31. The van der Waals surface area contributed by atoms with E-state index in [1.807, 2.05) is 18.2 Å². The molecule has 4 nitrogen and oxygen atoms in total. The lowest BCUT2D eigenvalue weighted by Gasteiger charge is -2.35. The first-order valence-electron chi connectivity index (χ1n) is 7.70. The third-order valence-corrected chi connectivity index (χ3v) is 4.47. The second-order valence-corrected chi connectivity index (χ2v) is 6.19. The highest BCUT2D eigenvalue weighted by Crippen LogP contribution is 2.31. The molecule has 0 atom stereocenters. The molecule has 21 heavy (non-hydrogen) atoms. The van der Waals surface area contributed by atoms with Crippen molar-refractivity contribution in [2.75, 3.05) is 20.8 Å². The van der Waals surface area contributed by atoms with Gasteiger partial charge in [0.1, 0.15) is 11.5 Å². The summed E-state index contributed by atoms with van der Waals surface area (Å²) in [6.07, 6.45) is 4.01. The first-order valence-corrected chi connectivity index (χ1v) is 7.70. The van der Waals surface area contributed by atoms with Gasteiger partial charge in [0.25, 0.3) is 0 Å². The van der Waals surface area contributed by atoms with Crippen molar-refractivity contribution < 1.29 is 14.6 Å². The van der Waals surface area contributed by atoms with Gasteiger partial charge in [-0.1, -0.05) is 13.0 Å². The molecule has 0 bridgehead atoms. The molecule has 2 rings (SSSR count). The van der Waals surface area contributed by atoms with E-state index < -0.39 is 5.60 Å². The minimum absolute atomic E-state index is 0.549. The normalized spacial score (nSPS) is 25.6. The number of hydrogen-bond acceptors (Lipinski definition) is 4. The van der Waals surface area contributed by atoms with Gasteiger partial charge in [-0.2, -0.15) is 0 Å². The maximum absolute atomic E-state index is 10.6. The summed E-state index contributed by atoms with van der Waals surface area (Å²) >= 11 is 0. The fourth-order valence-electron chi connectivity index (χ4n) is 2.90. The van der Waals surface area contributed by atoms with Crippen LogP contribution in [0.3, 0.4) is 0 Å². The Morgan fingerprint density at radius 1 is 1.24 bits per heavy atom. The molecule has 1 aromatic carbocycles. The first-order chi connectivity index (χ1) is 10.1. The van der Waals surface area contributed by atoms with E-state index in [2.05, 4.69) is 12.2 Å². The van der Waals surface area contributed by atoms with Gasteiger partial charge < -0.3 is 19.9 Å². The Hall–Kier alpha value is -1.26. The topological polar surface area (TPSA) is 50.7 Å². The SMILES string of the molecule is COc1ccc(CNCC2(O)CCC(C)CC2)c(OC)c1. The van der Waals surface area contributed by atoms with E-state index in [4.69, 9.17) is 9.47 Å². The third kappa shape index (κ3) is 4.35. The van der Waals surface area contributed by atoms with Crippen LogP contribution in [-0.2, 0) is 6.54 Å². The van der Waals surface area contributed by atoms with Crippen molar-refractivity contribution >= 4 is 0 Å². The Balaban J connectivity index is 1.88. The van der Waals surface area contributed by atoms with Gasteiger partial charge in [0.2, 0.25) is 0 Å². The highest BCUT2D eigenvalue weighted by Gasteiger charge is 2.31. The van der Waals surface area contributed by atoms with Crippen LogP contribution >= 0.6 is 0 Å². The van der Waals surface area contributed by atoms with Gasteiger partial charge in [0.05, 0.1) is 19.8 Å². The molecule has 0 spiro atoms. The summed E-state index contributed by atoms with van der Waals surface area (Å²) in [4.78, 5) is 0. The highest BCUT2D eigenvalue weighted by molar-refractivity contribution is 5.40. The fourth-order valence-corrected chi connectivity index (χ4v) is 2.90. The van der Waals surface area contributed by atoms with E-state index in [0.29, 0.717) is 13.1 Å². The van der Waals surface area contributed by atoms with Crippen molar-refractivity contribution in [3.05, 3.63) is 23.8 Å². The number of aliphatic hydroxyl groups is 1. The Labute approximate surface area is 127 Å². The van der Waals surface area contributed by atoms with E-state index in [-0.39, 0.29) is 0 Å². The molecule has 1 aliphatic carbocycles. The van der Waals surface area contributed by atoms with Crippen LogP contribution in [0.1, 0.15) is 38.2 Å². The zero-order valence-corrected chi connectivity index (χ0v) is 13.3. The van der Waals surface area contributed by atoms with Crippen molar-refractivity contribution in [2.45, 2.75) is 44.8 Å². The van der Waals surface area contributed by atoms with Crippen molar-refractivity contribution in [2.24, 2.45) is 5.92 Å². The molecule has 2 N–H and O–H groups in total. The predicted molar refractivity (Wildman–Crippen MR) is 83.8 cm³/mol. The smallest absolute Gasteiger partial charge is 0.127 e. The monoisotopic (exact) mass is 293 g/mol. The average Bonchev–Trinajstić information content (AvgIpc) is 2.51. The summed E-state index contributed by atoms with van der Waals surface area (Å²) < 4.78 is 10.6. The predicted octanol–water partition coefficient (Wildman–Crippen LogP) is 2.73. The lowest BCUT2D eigenvalue weighted by Crippen LogP contribution is -2.43. The van der Waals surface area contributed by atoms with E-state index in [1.165, 1.54) is 0 Å². The van der Waals surface area contributed by atoms with Gasteiger partial charge in [-0.3, -0.25) is 0 Å². The maximum atomic E-state index is 10.6. The molecule has 0 aliphatic heterocycles. The van der Waals surface area contributed by atoms with Crippen LogP contribution < -0.4 is 14.8 Å². The van der Waals surface area contributed by atoms with Gasteiger partial charge in [-0.15, -0.1) is 0 Å². The molecule has 1 aromatic rings. The zero-order chi connectivity index (χ0) is 15.3. The first kappa shape index (κ1) is 16.1. The molecule has 118 valence electrons. The average molecular weight is 293 g/mol. The van der Waals surface area contributed by atoms with E-state index >= 15 is 0 Å². The highest BCUT2D eigenvalue weighted by atomic mass is 16.5. The molecule has 0 unspecified atom stereocenters. The molecular formula is C17H27NO3. The third-order valence-electron chi connectivity index (χ3n) is 4.47. The van der Waals surface area contributed by atoms with Gasteiger partial charge in [-0.05, 0) is 37.7 Å². The van der Waals surface area contributed by atoms with Crippen molar-refractivity contribution in [1.29, 1.82) is 0 Å². The maximum Gasteiger partial charge on any atom is 0.127 e. The summed E-state index contributed by atoms with van der Waals surface area (Å²) in [6.45, 7) is 3.58. The standard InChI is InChI=1S/C17H27NO3/c1-13-6-8-17(19,9-7-13)12-18-11-14-4-5-15(20-2)10-16(14)21-3/h4-5,10,13,18-19H,6-9,11-12H2,1-3H3. The van der Waals surface area contributed by atoms with Gasteiger partial charge in [0, 0.05) is 24.7 Å². The quantitative estimate of drug-likeness (QED) is 0.847. The van der Waals surface area contributed by atoms with Gasteiger partial charge >= 0.3 is 0 Å². The second-order valence-electron chi connectivity index (χ2n) is 6.19. The van der Waals surface area contributed by atoms with E-state index in [9.17, 15) is 5.11 Å². The Morgan fingerprint density at radius 2 is 1.95 bits per heavy atom. The van der Waals surface area contributed by atoms with Crippen LogP contribution in [0.5, 0.6) is 11.5 Å². The fraction of sp³-hybridized carbons (Fsp3) is 0.647. The Morgan fingerprint density at radius 3 is 2.57 bits per heavy atom. The molecule has 1 aliphatic rings. The van der Waals surface area contributed by atoms with Crippen molar-refractivity contribution in [1.82, 2.24) is 5.32 Å². The number of benzene rings is 1. The molecule has 1 saturated carbocycles. The number of ether oxygens (including phenoxy) is 2. The summed E-state index contributed by atoms with van der Waals surface area (Å²) in [6, 6.07) is 5.81. The summed E-state index contributed by atoms with van der Waals surface area (Å²) in [5, 5.41) is 13.9.